The first kappa shape index (κ1) is 8.69. The van der Waals surface area contributed by atoms with Crippen LogP contribution in [0.2, 0.25) is 0 Å². The molecule has 0 aromatic heterocycles. The van der Waals surface area contributed by atoms with Crippen molar-refractivity contribution in [3.8, 4) is 0 Å². The summed E-state index contributed by atoms with van der Waals surface area (Å²) in [6.45, 7) is 2.06. The van der Waals surface area contributed by atoms with Gasteiger partial charge in [0.05, 0.1) is 13.2 Å². The average Bonchev–Trinajstić information content (AvgIpc) is 2.07. The van der Waals surface area contributed by atoms with Gasteiger partial charge in [0.1, 0.15) is 0 Å². The Balaban J connectivity index is 0.000000405. The molecule has 0 aromatic carbocycles. The van der Waals surface area contributed by atoms with Crippen LogP contribution in [0.1, 0.15) is 19.3 Å². The summed E-state index contributed by atoms with van der Waals surface area (Å²) in [6, 6.07) is 0. The van der Waals surface area contributed by atoms with Crippen molar-refractivity contribution in [1.82, 2.24) is 0 Å². The Morgan fingerprint density at radius 2 is 2.11 bits per heavy atom. The van der Waals surface area contributed by atoms with E-state index in [4.69, 9.17) is 4.74 Å². The Labute approximate surface area is 99.0 Å². The second kappa shape index (κ2) is 3.33. The first-order chi connectivity index (χ1) is 3.91. The summed E-state index contributed by atoms with van der Waals surface area (Å²) in [6.07, 6.45) is 6.41. The minimum atomic E-state index is 0. The smallest absolute Gasteiger partial charge is 0.380 e. The minimum absolute atomic E-state index is 0. The minimum Gasteiger partial charge on any atom is -0.380 e. The number of ether oxygens (including phenoxy) is 1. The summed E-state index contributed by atoms with van der Waals surface area (Å²) in [5.74, 6) is 0. The maximum atomic E-state index is 5.14. The third kappa shape index (κ3) is 1.60. The largest absolute Gasteiger partial charge is 1.00 e. The van der Waals surface area contributed by atoms with Gasteiger partial charge in [-0.3, -0.25) is 0 Å². The third-order valence-corrected chi connectivity index (χ3v) is 2.27. The predicted octanol–water partition coefficient (Wildman–Crippen LogP) is -1.60. The maximum Gasteiger partial charge on any atom is 1.00 e. The molecule has 0 N–H and O–H groups in total. The van der Waals surface area contributed by atoms with Gasteiger partial charge in [0.15, 0.2) is 0 Å². The summed E-state index contributed by atoms with van der Waals surface area (Å²) < 4.78 is 5.14. The molecular formula is C7H11KO. The van der Waals surface area contributed by atoms with Crippen molar-refractivity contribution in [3.05, 3.63) is 6.42 Å². The molecule has 1 nitrogen and oxygen atoms in total. The van der Waals surface area contributed by atoms with E-state index in [1.807, 2.05) is 0 Å². The van der Waals surface area contributed by atoms with Gasteiger partial charge in [0.25, 0.3) is 0 Å². The van der Waals surface area contributed by atoms with E-state index in [1.165, 1.54) is 19.3 Å². The van der Waals surface area contributed by atoms with Gasteiger partial charge < -0.3 is 11.2 Å². The molecule has 1 saturated carbocycles. The Kier molecular flexibility index (Phi) is 3.21. The van der Waals surface area contributed by atoms with Gasteiger partial charge in [-0.2, -0.15) is 12.8 Å². The van der Waals surface area contributed by atoms with E-state index in [-0.39, 0.29) is 51.4 Å². The molecule has 0 unspecified atom stereocenters. The van der Waals surface area contributed by atoms with E-state index in [9.17, 15) is 0 Å². The molecule has 1 spiro atoms. The van der Waals surface area contributed by atoms with Gasteiger partial charge in [0, 0.05) is 0 Å². The van der Waals surface area contributed by atoms with Crippen molar-refractivity contribution >= 4 is 0 Å². The quantitative estimate of drug-likeness (QED) is 0.298. The molecule has 0 radical (unpaired) electrons. The van der Waals surface area contributed by atoms with Crippen LogP contribution in [0.5, 0.6) is 0 Å². The SMILES string of the molecule is [CH-]1CCC2(C1)COC2.[K+]. The molecule has 1 aliphatic heterocycles. The first-order valence-corrected chi connectivity index (χ1v) is 3.31. The van der Waals surface area contributed by atoms with E-state index in [1.54, 1.807) is 0 Å². The van der Waals surface area contributed by atoms with Gasteiger partial charge in [-0.1, -0.05) is 6.42 Å². The Bertz CT molecular complexity index is 91.1. The fourth-order valence-electron chi connectivity index (χ4n) is 1.57. The van der Waals surface area contributed by atoms with Crippen molar-refractivity contribution in [3.63, 3.8) is 0 Å². The molecule has 0 aromatic rings. The van der Waals surface area contributed by atoms with Gasteiger partial charge in [-0.05, 0) is 5.41 Å². The molecule has 2 fully saturated rings. The van der Waals surface area contributed by atoms with Crippen LogP contribution in [-0.2, 0) is 4.74 Å². The molecule has 0 bridgehead atoms. The monoisotopic (exact) mass is 150 g/mol. The molecule has 1 saturated heterocycles. The van der Waals surface area contributed by atoms with E-state index in [0.717, 1.165) is 13.2 Å². The zero-order chi connectivity index (χ0) is 5.45. The standard InChI is InChI=1S/C7H11O.K/c1-2-4-7(3-1)5-8-6-7;/h1H,2-6H2;/q-1;+1. The number of rotatable bonds is 0. The van der Waals surface area contributed by atoms with Crippen molar-refractivity contribution in [1.29, 1.82) is 0 Å². The topological polar surface area (TPSA) is 9.23 Å². The number of hydrogen-bond donors (Lipinski definition) is 0. The third-order valence-electron chi connectivity index (χ3n) is 2.27. The average molecular weight is 150 g/mol. The van der Waals surface area contributed by atoms with Gasteiger partial charge in [0.2, 0.25) is 0 Å². The summed E-state index contributed by atoms with van der Waals surface area (Å²) in [5.41, 5.74) is 0.639. The van der Waals surface area contributed by atoms with Crippen molar-refractivity contribution in [2.24, 2.45) is 5.41 Å². The Hall–Kier alpha value is 1.60. The van der Waals surface area contributed by atoms with Crippen molar-refractivity contribution < 1.29 is 56.1 Å². The Morgan fingerprint density at radius 3 is 2.33 bits per heavy atom. The van der Waals surface area contributed by atoms with E-state index >= 15 is 0 Å². The zero-order valence-corrected chi connectivity index (χ0v) is 9.14. The first-order valence-electron chi connectivity index (χ1n) is 3.31. The number of hydrogen-bond acceptors (Lipinski definition) is 1. The summed E-state index contributed by atoms with van der Waals surface area (Å²) >= 11 is 0. The molecule has 1 aliphatic carbocycles. The summed E-state index contributed by atoms with van der Waals surface area (Å²) in [7, 11) is 0. The summed E-state index contributed by atoms with van der Waals surface area (Å²) in [4.78, 5) is 0. The van der Waals surface area contributed by atoms with Crippen LogP contribution in [0, 0.1) is 11.8 Å². The van der Waals surface area contributed by atoms with Crippen LogP contribution in [0.3, 0.4) is 0 Å². The molecule has 0 atom stereocenters. The molecule has 9 heavy (non-hydrogen) atoms. The fraction of sp³-hybridized carbons (Fsp3) is 0.857. The second-order valence-corrected chi connectivity index (χ2v) is 3.02. The van der Waals surface area contributed by atoms with Gasteiger partial charge in [-0.15, -0.1) is 0 Å². The van der Waals surface area contributed by atoms with Crippen molar-refractivity contribution in [2.45, 2.75) is 19.3 Å². The van der Waals surface area contributed by atoms with Crippen LogP contribution < -0.4 is 51.4 Å². The fourth-order valence-corrected chi connectivity index (χ4v) is 1.57. The molecular weight excluding hydrogens is 139 g/mol. The molecule has 2 aliphatic rings. The van der Waals surface area contributed by atoms with Gasteiger partial charge >= 0.3 is 51.4 Å². The predicted molar refractivity (Wildman–Crippen MR) is 31.4 cm³/mol. The normalized spacial score (nSPS) is 29.3. The molecule has 0 amide bonds. The maximum absolute atomic E-state index is 5.14. The van der Waals surface area contributed by atoms with Crippen LogP contribution >= 0.6 is 0 Å². The molecule has 1 heterocycles. The summed E-state index contributed by atoms with van der Waals surface area (Å²) in [5, 5.41) is 0. The van der Waals surface area contributed by atoms with Crippen molar-refractivity contribution in [2.75, 3.05) is 13.2 Å². The van der Waals surface area contributed by atoms with E-state index in [0.29, 0.717) is 5.41 Å². The van der Waals surface area contributed by atoms with E-state index < -0.39 is 0 Å². The second-order valence-electron chi connectivity index (χ2n) is 3.02. The van der Waals surface area contributed by atoms with Crippen LogP contribution in [0.4, 0.5) is 0 Å². The van der Waals surface area contributed by atoms with Crippen LogP contribution in [0.15, 0.2) is 0 Å². The Morgan fingerprint density at radius 1 is 1.33 bits per heavy atom. The van der Waals surface area contributed by atoms with Crippen LogP contribution in [-0.4, -0.2) is 13.2 Å². The van der Waals surface area contributed by atoms with Gasteiger partial charge in [-0.25, -0.2) is 0 Å². The van der Waals surface area contributed by atoms with E-state index in [2.05, 4.69) is 6.42 Å². The van der Waals surface area contributed by atoms with Crippen LogP contribution in [0.25, 0.3) is 0 Å². The zero-order valence-electron chi connectivity index (χ0n) is 6.02. The molecule has 2 rings (SSSR count). The molecule has 46 valence electrons. The molecule has 2 heteroatoms.